The van der Waals surface area contributed by atoms with E-state index in [0.29, 0.717) is 0 Å². The zero-order chi connectivity index (χ0) is 9.35. The van der Waals surface area contributed by atoms with Crippen molar-refractivity contribution in [3.8, 4) is 0 Å². The van der Waals surface area contributed by atoms with Crippen molar-refractivity contribution in [2.75, 3.05) is 6.61 Å². The van der Waals surface area contributed by atoms with Gasteiger partial charge in [-0.15, -0.1) is 0 Å². The summed E-state index contributed by atoms with van der Waals surface area (Å²) in [4.78, 5) is 0. The van der Waals surface area contributed by atoms with E-state index in [1.165, 1.54) is 0 Å². The minimum Gasteiger partial charge on any atom is -0.393 e. The van der Waals surface area contributed by atoms with Gasteiger partial charge in [-0.3, -0.25) is 0 Å². The monoisotopic (exact) mass is 170 g/mol. The van der Waals surface area contributed by atoms with Gasteiger partial charge in [0.15, 0.2) is 0 Å². The molecule has 1 aliphatic carbocycles. The highest BCUT2D eigenvalue weighted by Gasteiger charge is 2.31. The molecule has 0 aromatic rings. The maximum atomic E-state index is 9.51. The van der Waals surface area contributed by atoms with E-state index < -0.39 is 0 Å². The van der Waals surface area contributed by atoms with Crippen molar-refractivity contribution in [2.24, 2.45) is 5.41 Å². The number of hydrogen-bond acceptors (Lipinski definition) is 2. The molecule has 0 saturated heterocycles. The average Bonchev–Trinajstić information content (AvgIpc) is 1.82. The molecule has 0 aromatic heterocycles. The van der Waals surface area contributed by atoms with Crippen molar-refractivity contribution >= 4 is 0 Å². The van der Waals surface area contributed by atoms with Crippen LogP contribution in [0, 0.1) is 5.41 Å². The molecule has 2 heteroatoms. The smallest absolute Gasteiger partial charge is 0.0649 e. The third-order valence-corrected chi connectivity index (χ3v) is 2.78. The number of rotatable bonds is 1. The summed E-state index contributed by atoms with van der Waals surface area (Å²) in [6.45, 7) is 6.27. The van der Waals surface area contributed by atoms with Crippen LogP contribution in [-0.2, 0) is 0 Å². The predicted molar refractivity (Wildman–Crippen MR) is 48.8 cm³/mol. The van der Waals surface area contributed by atoms with Crippen LogP contribution in [0.3, 0.4) is 0 Å². The number of hydrogen-bond donors (Lipinski definition) is 2. The summed E-state index contributed by atoms with van der Waals surface area (Å²) in [7, 11) is 0. The van der Waals surface area contributed by atoms with Gasteiger partial charge in [0.25, 0.3) is 0 Å². The topological polar surface area (TPSA) is 40.5 Å². The van der Waals surface area contributed by atoms with Crippen molar-refractivity contribution in [1.82, 2.24) is 0 Å². The highest BCUT2D eigenvalue weighted by atomic mass is 16.3. The summed E-state index contributed by atoms with van der Waals surface area (Å²) in [5.74, 6) is 0. The average molecular weight is 170 g/mol. The van der Waals surface area contributed by atoms with E-state index in [2.05, 4.69) is 13.8 Å². The van der Waals surface area contributed by atoms with Crippen LogP contribution in [0.1, 0.15) is 33.6 Å². The van der Waals surface area contributed by atoms with Crippen LogP contribution in [0.25, 0.3) is 0 Å². The lowest BCUT2D eigenvalue weighted by molar-refractivity contribution is 0.107. The molecule has 0 spiro atoms. The van der Waals surface area contributed by atoms with Gasteiger partial charge in [-0.25, -0.2) is 0 Å². The first-order valence-corrected chi connectivity index (χ1v) is 4.45. The molecule has 2 N–H and O–H groups in total. The molecule has 0 aliphatic heterocycles. The standard InChI is InChI=1S/C10H18O2/c1-7-4-8(12)5-10(2,3)9(7)6-11/h8,11-12H,4-6H2,1-3H3/t8-/m1/s1. The predicted octanol–water partition coefficient (Wildman–Crippen LogP) is 1.48. The van der Waals surface area contributed by atoms with Gasteiger partial charge in [-0.05, 0) is 30.8 Å². The molecular weight excluding hydrogens is 152 g/mol. The summed E-state index contributed by atoms with van der Waals surface area (Å²) in [5, 5.41) is 18.7. The second-order valence-corrected chi connectivity index (χ2v) is 4.36. The maximum absolute atomic E-state index is 9.51. The maximum Gasteiger partial charge on any atom is 0.0649 e. The first-order chi connectivity index (χ1) is 5.47. The molecule has 1 atom stereocenters. The third-order valence-electron chi connectivity index (χ3n) is 2.78. The Morgan fingerprint density at radius 1 is 1.50 bits per heavy atom. The van der Waals surface area contributed by atoms with Gasteiger partial charge in [0.2, 0.25) is 0 Å². The number of aliphatic hydroxyl groups excluding tert-OH is 2. The molecule has 1 rings (SSSR count). The van der Waals surface area contributed by atoms with E-state index in [-0.39, 0.29) is 18.1 Å². The second kappa shape index (κ2) is 3.19. The quantitative estimate of drug-likeness (QED) is 0.585. The van der Waals surface area contributed by atoms with E-state index in [4.69, 9.17) is 5.11 Å². The summed E-state index contributed by atoms with van der Waals surface area (Å²) < 4.78 is 0. The van der Waals surface area contributed by atoms with Crippen LogP contribution in [-0.4, -0.2) is 22.9 Å². The minimum absolute atomic E-state index is 0.0312. The summed E-state index contributed by atoms with van der Waals surface area (Å²) in [6, 6.07) is 0. The van der Waals surface area contributed by atoms with E-state index in [0.717, 1.165) is 24.0 Å². The Kier molecular flexibility index (Phi) is 2.59. The molecule has 12 heavy (non-hydrogen) atoms. The Morgan fingerprint density at radius 2 is 2.08 bits per heavy atom. The minimum atomic E-state index is -0.227. The fraction of sp³-hybridized carbons (Fsp3) is 0.800. The van der Waals surface area contributed by atoms with Gasteiger partial charge in [0.1, 0.15) is 0 Å². The molecule has 2 nitrogen and oxygen atoms in total. The Bertz CT molecular complexity index is 204. The van der Waals surface area contributed by atoms with E-state index in [1.807, 2.05) is 6.92 Å². The first-order valence-electron chi connectivity index (χ1n) is 4.45. The lowest BCUT2D eigenvalue weighted by atomic mass is 9.72. The molecule has 0 radical (unpaired) electrons. The largest absolute Gasteiger partial charge is 0.393 e. The Balaban J connectivity index is 2.96. The molecule has 0 heterocycles. The lowest BCUT2D eigenvalue weighted by Gasteiger charge is -2.36. The van der Waals surface area contributed by atoms with Crippen LogP contribution >= 0.6 is 0 Å². The van der Waals surface area contributed by atoms with Gasteiger partial charge in [0.05, 0.1) is 12.7 Å². The van der Waals surface area contributed by atoms with E-state index in [1.54, 1.807) is 0 Å². The van der Waals surface area contributed by atoms with Crippen LogP contribution in [0.4, 0.5) is 0 Å². The Morgan fingerprint density at radius 3 is 2.50 bits per heavy atom. The highest BCUT2D eigenvalue weighted by molar-refractivity contribution is 5.23. The van der Waals surface area contributed by atoms with Crippen LogP contribution < -0.4 is 0 Å². The summed E-state index contributed by atoms with van der Waals surface area (Å²) in [5.41, 5.74) is 2.23. The molecule has 0 amide bonds. The fourth-order valence-corrected chi connectivity index (χ4v) is 2.19. The van der Waals surface area contributed by atoms with Gasteiger partial charge < -0.3 is 10.2 Å². The van der Waals surface area contributed by atoms with Gasteiger partial charge in [-0.1, -0.05) is 19.4 Å². The summed E-state index contributed by atoms with van der Waals surface area (Å²) >= 11 is 0. The SMILES string of the molecule is CC1=C(CO)C(C)(C)C[C@H](O)C1. The van der Waals surface area contributed by atoms with Crippen molar-refractivity contribution in [3.63, 3.8) is 0 Å². The van der Waals surface area contributed by atoms with Crippen molar-refractivity contribution in [2.45, 2.75) is 39.7 Å². The van der Waals surface area contributed by atoms with Crippen molar-refractivity contribution in [3.05, 3.63) is 11.1 Å². The van der Waals surface area contributed by atoms with E-state index >= 15 is 0 Å². The van der Waals surface area contributed by atoms with Gasteiger partial charge in [0, 0.05) is 0 Å². The zero-order valence-corrected chi connectivity index (χ0v) is 8.09. The highest BCUT2D eigenvalue weighted by Crippen LogP contribution is 2.39. The van der Waals surface area contributed by atoms with Gasteiger partial charge >= 0.3 is 0 Å². The van der Waals surface area contributed by atoms with Crippen LogP contribution in [0.5, 0.6) is 0 Å². The third kappa shape index (κ3) is 1.70. The molecular formula is C10H18O2. The molecule has 0 fully saturated rings. The molecule has 0 bridgehead atoms. The summed E-state index contributed by atoms with van der Waals surface area (Å²) in [6.07, 6.45) is 1.26. The normalized spacial score (nSPS) is 29.2. The Labute approximate surface area is 73.9 Å². The lowest BCUT2D eigenvalue weighted by Crippen LogP contribution is -2.30. The number of aliphatic hydroxyl groups is 2. The molecule has 0 unspecified atom stereocenters. The van der Waals surface area contributed by atoms with Gasteiger partial charge in [-0.2, -0.15) is 0 Å². The second-order valence-electron chi connectivity index (χ2n) is 4.36. The molecule has 1 aliphatic rings. The zero-order valence-electron chi connectivity index (χ0n) is 8.09. The Hall–Kier alpha value is -0.340. The van der Waals surface area contributed by atoms with Crippen LogP contribution in [0.2, 0.25) is 0 Å². The fourth-order valence-electron chi connectivity index (χ4n) is 2.19. The van der Waals surface area contributed by atoms with Crippen LogP contribution in [0.15, 0.2) is 11.1 Å². The first kappa shape index (κ1) is 9.75. The molecule has 0 aromatic carbocycles. The van der Waals surface area contributed by atoms with Crippen molar-refractivity contribution < 1.29 is 10.2 Å². The molecule has 70 valence electrons. The van der Waals surface area contributed by atoms with E-state index in [9.17, 15) is 5.11 Å². The van der Waals surface area contributed by atoms with Crippen molar-refractivity contribution in [1.29, 1.82) is 0 Å². The molecule has 0 saturated carbocycles.